The summed E-state index contributed by atoms with van der Waals surface area (Å²) in [6.07, 6.45) is 1.10. The highest BCUT2D eigenvalue weighted by molar-refractivity contribution is 5.30. The Hall–Kier alpha value is -1.06. The van der Waals surface area contributed by atoms with Gasteiger partial charge in [0, 0.05) is 25.0 Å². The predicted molar refractivity (Wildman–Crippen MR) is 80.3 cm³/mol. The molecule has 0 aromatic heterocycles. The number of hydrogen-bond donors (Lipinski definition) is 0. The third kappa shape index (κ3) is 2.99. The third-order valence-electron chi connectivity index (χ3n) is 4.35. The molecule has 3 nitrogen and oxygen atoms in total. The minimum absolute atomic E-state index is 0.534. The van der Waals surface area contributed by atoms with Crippen LogP contribution in [0.3, 0.4) is 0 Å². The van der Waals surface area contributed by atoms with Crippen molar-refractivity contribution in [3.8, 4) is 5.75 Å². The molecule has 2 fully saturated rings. The van der Waals surface area contributed by atoms with E-state index in [1.165, 1.54) is 18.7 Å². The number of ether oxygens (including phenoxy) is 2. The van der Waals surface area contributed by atoms with E-state index in [9.17, 15) is 0 Å². The number of nitrogens with zero attached hydrogens (tertiary/aromatic N) is 1. The average molecular weight is 275 g/mol. The van der Waals surface area contributed by atoms with Crippen molar-refractivity contribution in [2.45, 2.75) is 26.2 Å². The minimum Gasteiger partial charge on any atom is -0.494 e. The Balaban J connectivity index is 1.34. The zero-order chi connectivity index (χ0) is 14.0. The van der Waals surface area contributed by atoms with E-state index < -0.39 is 0 Å². The van der Waals surface area contributed by atoms with Gasteiger partial charge in [-0.25, -0.2) is 0 Å². The van der Waals surface area contributed by atoms with Gasteiger partial charge >= 0.3 is 0 Å². The van der Waals surface area contributed by atoms with E-state index in [0.29, 0.717) is 11.3 Å². The molecule has 1 aromatic rings. The van der Waals surface area contributed by atoms with Gasteiger partial charge in [0.2, 0.25) is 0 Å². The van der Waals surface area contributed by atoms with Gasteiger partial charge in [-0.2, -0.15) is 0 Å². The second-order valence-electron chi connectivity index (χ2n) is 6.63. The summed E-state index contributed by atoms with van der Waals surface area (Å²) in [5.74, 6) is 1.56. The highest BCUT2D eigenvalue weighted by Gasteiger charge is 2.48. The SMILES string of the molecule is CC(C)c1cccc(OCCCN2CC3(COC3)C2)c1. The number of rotatable bonds is 6. The molecule has 110 valence electrons. The van der Waals surface area contributed by atoms with Gasteiger partial charge in [0.15, 0.2) is 0 Å². The maximum absolute atomic E-state index is 5.86. The molecule has 1 aromatic carbocycles. The molecule has 0 radical (unpaired) electrons. The fourth-order valence-electron chi connectivity index (χ4n) is 3.08. The number of hydrogen-bond acceptors (Lipinski definition) is 3. The van der Waals surface area contributed by atoms with Crippen molar-refractivity contribution >= 4 is 0 Å². The predicted octanol–water partition coefficient (Wildman–Crippen LogP) is 2.91. The largest absolute Gasteiger partial charge is 0.494 e. The Kier molecular flexibility index (Phi) is 3.99. The Morgan fingerprint density at radius 1 is 1.30 bits per heavy atom. The minimum atomic E-state index is 0.534. The van der Waals surface area contributed by atoms with E-state index in [1.54, 1.807) is 0 Å². The quantitative estimate of drug-likeness (QED) is 0.745. The van der Waals surface area contributed by atoms with E-state index in [-0.39, 0.29) is 0 Å². The van der Waals surface area contributed by atoms with Crippen LogP contribution in [0.5, 0.6) is 5.75 Å². The maximum Gasteiger partial charge on any atom is 0.119 e. The zero-order valence-electron chi connectivity index (χ0n) is 12.6. The molecular formula is C17H25NO2. The van der Waals surface area contributed by atoms with Crippen LogP contribution in [-0.2, 0) is 4.74 Å². The molecule has 1 spiro atoms. The van der Waals surface area contributed by atoms with E-state index >= 15 is 0 Å². The fraction of sp³-hybridized carbons (Fsp3) is 0.647. The molecule has 20 heavy (non-hydrogen) atoms. The van der Waals surface area contributed by atoms with Crippen LogP contribution in [0.15, 0.2) is 24.3 Å². The summed E-state index contributed by atoms with van der Waals surface area (Å²) in [6.45, 7) is 10.8. The fourth-order valence-corrected chi connectivity index (χ4v) is 3.08. The maximum atomic E-state index is 5.86. The van der Waals surface area contributed by atoms with Crippen LogP contribution in [0.4, 0.5) is 0 Å². The van der Waals surface area contributed by atoms with E-state index in [4.69, 9.17) is 9.47 Å². The second-order valence-corrected chi connectivity index (χ2v) is 6.63. The smallest absolute Gasteiger partial charge is 0.119 e. The lowest BCUT2D eigenvalue weighted by molar-refractivity contribution is -0.189. The Morgan fingerprint density at radius 2 is 2.10 bits per heavy atom. The molecule has 0 aliphatic carbocycles. The van der Waals surface area contributed by atoms with E-state index in [0.717, 1.165) is 38.5 Å². The van der Waals surface area contributed by atoms with Crippen LogP contribution < -0.4 is 4.74 Å². The van der Waals surface area contributed by atoms with Crippen LogP contribution >= 0.6 is 0 Å². The molecular weight excluding hydrogens is 250 g/mol. The molecule has 3 heteroatoms. The standard InChI is InChI=1S/C17H25NO2/c1-14(2)15-5-3-6-16(9-15)20-8-4-7-18-10-17(11-18)12-19-13-17/h3,5-6,9,14H,4,7-8,10-13H2,1-2H3. The van der Waals surface area contributed by atoms with Gasteiger partial charge in [-0.15, -0.1) is 0 Å². The summed E-state index contributed by atoms with van der Waals surface area (Å²) >= 11 is 0. The van der Waals surface area contributed by atoms with Crippen LogP contribution in [-0.4, -0.2) is 44.4 Å². The van der Waals surface area contributed by atoms with Crippen LogP contribution in [0.2, 0.25) is 0 Å². The van der Waals surface area contributed by atoms with Crippen molar-refractivity contribution < 1.29 is 9.47 Å². The van der Waals surface area contributed by atoms with E-state index in [2.05, 4.69) is 43.0 Å². The second kappa shape index (κ2) is 5.74. The van der Waals surface area contributed by atoms with Crippen molar-refractivity contribution in [1.82, 2.24) is 4.90 Å². The lowest BCUT2D eigenvalue weighted by Crippen LogP contribution is -2.65. The van der Waals surface area contributed by atoms with Gasteiger partial charge in [-0.1, -0.05) is 26.0 Å². The first-order chi connectivity index (χ1) is 9.67. The molecule has 2 aliphatic rings. The van der Waals surface area contributed by atoms with Crippen molar-refractivity contribution in [2.24, 2.45) is 5.41 Å². The Morgan fingerprint density at radius 3 is 2.75 bits per heavy atom. The third-order valence-corrected chi connectivity index (χ3v) is 4.35. The van der Waals surface area contributed by atoms with Crippen molar-refractivity contribution in [3.05, 3.63) is 29.8 Å². The van der Waals surface area contributed by atoms with Crippen molar-refractivity contribution in [1.29, 1.82) is 0 Å². The highest BCUT2D eigenvalue weighted by Crippen LogP contribution is 2.37. The van der Waals surface area contributed by atoms with Crippen molar-refractivity contribution in [2.75, 3.05) is 39.5 Å². The average Bonchev–Trinajstić information content (AvgIpc) is 2.34. The lowest BCUT2D eigenvalue weighted by Gasteiger charge is -2.55. The number of benzene rings is 1. The van der Waals surface area contributed by atoms with Crippen LogP contribution in [0, 0.1) is 5.41 Å². The Bertz CT molecular complexity index is 446. The lowest BCUT2D eigenvalue weighted by atomic mass is 9.78. The first kappa shape index (κ1) is 13.9. The Labute approximate surface area is 121 Å². The summed E-state index contributed by atoms with van der Waals surface area (Å²) < 4.78 is 11.1. The first-order valence-electron chi connectivity index (χ1n) is 7.70. The van der Waals surface area contributed by atoms with Gasteiger partial charge in [0.1, 0.15) is 5.75 Å². The summed E-state index contributed by atoms with van der Waals surface area (Å²) in [6, 6.07) is 8.46. The van der Waals surface area contributed by atoms with Gasteiger partial charge in [-0.05, 0) is 30.0 Å². The molecule has 0 N–H and O–H groups in total. The summed E-state index contributed by atoms with van der Waals surface area (Å²) in [4.78, 5) is 2.51. The monoisotopic (exact) mass is 275 g/mol. The van der Waals surface area contributed by atoms with Crippen molar-refractivity contribution in [3.63, 3.8) is 0 Å². The van der Waals surface area contributed by atoms with Crippen LogP contribution in [0.25, 0.3) is 0 Å². The first-order valence-corrected chi connectivity index (χ1v) is 7.70. The van der Waals surface area contributed by atoms with Gasteiger partial charge in [0.05, 0.1) is 19.8 Å². The summed E-state index contributed by atoms with van der Waals surface area (Å²) in [7, 11) is 0. The molecule has 0 saturated carbocycles. The number of likely N-dealkylation sites (tertiary alicyclic amines) is 1. The molecule has 3 rings (SSSR count). The van der Waals surface area contributed by atoms with Gasteiger partial charge in [0.25, 0.3) is 0 Å². The molecule has 0 unspecified atom stereocenters. The summed E-state index contributed by atoms with van der Waals surface area (Å²) in [5.41, 5.74) is 1.88. The molecule has 2 aliphatic heterocycles. The topological polar surface area (TPSA) is 21.7 Å². The van der Waals surface area contributed by atoms with Crippen LogP contribution in [0.1, 0.15) is 31.7 Å². The molecule has 0 bridgehead atoms. The zero-order valence-corrected chi connectivity index (χ0v) is 12.6. The molecule has 2 heterocycles. The summed E-state index contributed by atoms with van der Waals surface area (Å²) in [5, 5.41) is 0. The highest BCUT2D eigenvalue weighted by atomic mass is 16.5. The van der Waals surface area contributed by atoms with Gasteiger partial charge in [-0.3, -0.25) is 0 Å². The van der Waals surface area contributed by atoms with E-state index in [1.807, 2.05) is 0 Å². The molecule has 0 amide bonds. The normalized spacial score (nSPS) is 20.8. The molecule has 0 atom stereocenters. The molecule has 2 saturated heterocycles. The van der Waals surface area contributed by atoms with Gasteiger partial charge < -0.3 is 14.4 Å².